The molecular weight excluding hydrogens is 248 g/mol. The van der Waals surface area contributed by atoms with Crippen molar-refractivity contribution in [2.45, 2.75) is 25.4 Å². The highest BCUT2D eigenvalue weighted by Gasteiger charge is 2.15. The number of methoxy groups -OCH3 is 2. The van der Waals surface area contributed by atoms with Crippen molar-refractivity contribution in [1.82, 2.24) is 10.3 Å². The molecule has 5 heteroatoms. The maximum Gasteiger partial charge on any atom is 0.183 e. The van der Waals surface area contributed by atoms with Gasteiger partial charge in [0.05, 0.1) is 19.9 Å². The Bertz CT molecular complexity index is 381. The molecule has 1 unspecified atom stereocenters. The van der Waals surface area contributed by atoms with Gasteiger partial charge in [0.25, 0.3) is 0 Å². The molecule has 2 heterocycles. The summed E-state index contributed by atoms with van der Waals surface area (Å²) < 4.78 is 10.6. The summed E-state index contributed by atoms with van der Waals surface area (Å²) in [7, 11) is 3.30. The van der Waals surface area contributed by atoms with Crippen molar-refractivity contribution in [3.05, 3.63) is 18.0 Å². The number of thioether (sulfide) groups is 1. The Kier molecular flexibility index (Phi) is 5.13. The number of nitrogens with zero attached hydrogens (tertiary/aromatic N) is 1. The number of hydrogen-bond donors (Lipinski definition) is 1. The molecule has 0 spiro atoms. The van der Waals surface area contributed by atoms with Gasteiger partial charge in [-0.3, -0.25) is 4.98 Å². The van der Waals surface area contributed by atoms with Gasteiger partial charge in [-0.15, -0.1) is 0 Å². The van der Waals surface area contributed by atoms with E-state index in [2.05, 4.69) is 10.3 Å². The van der Waals surface area contributed by atoms with Crippen LogP contribution in [0.25, 0.3) is 0 Å². The Hall–Kier alpha value is -0.940. The summed E-state index contributed by atoms with van der Waals surface area (Å²) in [6, 6.07) is 2.40. The van der Waals surface area contributed by atoms with Crippen LogP contribution in [0.1, 0.15) is 18.5 Å². The van der Waals surface area contributed by atoms with Crippen LogP contribution in [-0.2, 0) is 6.54 Å². The number of rotatable bonds is 5. The molecule has 1 aliphatic heterocycles. The first-order valence-electron chi connectivity index (χ1n) is 6.22. The van der Waals surface area contributed by atoms with Crippen LogP contribution in [-0.4, -0.2) is 36.8 Å². The quantitative estimate of drug-likeness (QED) is 0.885. The van der Waals surface area contributed by atoms with E-state index in [0.29, 0.717) is 6.04 Å². The first-order chi connectivity index (χ1) is 8.85. The summed E-state index contributed by atoms with van der Waals surface area (Å²) in [6.45, 7) is 0.728. The van der Waals surface area contributed by atoms with E-state index < -0.39 is 0 Å². The fourth-order valence-corrected chi connectivity index (χ4v) is 3.23. The Balaban J connectivity index is 1.99. The van der Waals surface area contributed by atoms with Gasteiger partial charge in [0.2, 0.25) is 0 Å². The highest BCUT2D eigenvalue weighted by atomic mass is 32.2. The maximum absolute atomic E-state index is 5.37. The zero-order chi connectivity index (χ0) is 12.8. The molecule has 1 saturated heterocycles. The largest absolute Gasteiger partial charge is 0.493 e. The first-order valence-corrected chi connectivity index (χ1v) is 7.37. The number of ether oxygens (including phenoxy) is 2. The fraction of sp³-hybridized carbons (Fsp3) is 0.615. The molecule has 1 fully saturated rings. The van der Waals surface area contributed by atoms with E-state index in [4.69, 9.17) is 9.47 Å². The van der Waals surface area contributed by atoms with Crippen molar-refractivity contribution in [3.63, 3.8) is 0 Å². The SMILES string of the molecule is COc1ccnc(CNC2CCCSC2)c1OC. The summed E-state index contributed by atoms with van der Waals surface area (Å²) in [4.78, 5) is 4.37. The molecular formula is C13H20N2O2S. The highest BCUT2D eigenvalue weighted by molar-refractivity contribution is 7.99. The number of hydrogen-bond acceptors (Lipinski definition) is 5. The van der Waals surface area contributed by atoms with Gasteiger partial charge >= 0.3 is 0 Å². The van der Waals surface area contributed by atoms with E-state index in [1.54, 1.807) is 20.4 Å². The normalized spacial score (nSPS) is 19.6. The third-order valence-electron chi connectivity index (χ3n) is 3.08. The monoisotopic (exact) mass is 268 g/mol. The van der Waals surface area contributed by atoms with Gasteiger partial charge < -0.3 is 14.8 Å². The second kappa shape index (κ2) is 6.85. The van der Waals surface area contributed by atoms with Crippen molar-refractivity contribution in [2.75, 3.05) is 25.7 Å². The van der Waals surface area contributed by atoms with Crippen LogP contribution in [0.5, 0.6) is 11.5 Å². The van der Waals surface area contributed by atoms with Crippen molar-refractivity contribution in [3.8, 4) is 11.5 Å². The molecule has 100 valence electrons. The van der Waals surface area contributed by atoms with Crippen LogP contribution in [0.3, 0.4) is 0 Å². The molecule has 0 radical (unpaired) electrons. The molecule has 0 bridgehead atoms. The molecule has 1 aromatic heterocycles. The van der Waals surface area contributed by atoms with E-state index in [1.807, 2.05) is 17.8 Å². The van der Waals surface area contributed by atoms with Gasteiger partial charge in [0.15, 0.2) is 11.5 Å². The smallest absolute Gasteiger partial charge is 0.183 e. The van der Waals surface area contributed by atoms with Crippen LogP contribution >= 0.6 is 11.8 Å². The summed E-state index contributed by atoms with van der Waals surface area (Å²) >= 11 is 2.02. The standard InChI is InChI=1S/C13H20N2O2S/c1-16-12-5-6-14-11(13(12)17-2)8-15-10-4-3-7-18-9-10/h5-6,10,15H,3-4,7-9H2,1-2H3. The molecule has 1 atom stereocenters. The predicted octanol–water partition coefficient (Wildman–Crippen LogP) is 2.08. The third kappa shape index (κ3) is 3.29. The average Bonchev–Trinajstić information content (AvgIpc) is 2.45. The molecule has 2 rings (SSSR count). The van der Waals surface area contributed by atoms with Crippen LogP contribution in [0.4, 0.5) is 0 Å². The van der Waals surface area contributed by atoms with Crippen LogP contribution in [0.2, 0.25) is 0 Å². The number of pyridine rings is 1. The highest BCUT2D eigenvalue weighted by Crippen LogP contribution is 2.29. The molecule has 1 N–H and O–H groups in total. The van der Waals surface area contributed by atoms with Gasteiger partial charge in [-0.1, -0.05) is 0 Å². The Morgan fingerprint density at radius 3 is 3.00 bits per heavy atom. The summed E-state index contributed by atoms with van der Waals surface area (Å²) in [6.07, 6.45) is 4.30. The van der Waals surface area contributed by atoms with E-state index in [0.717, 1.165) is 23.7 Å². The van der Waals surface area contributed by atoms with Crippen molar-refractivity contribution < 1.29 is 9.47 Å². The maximum atomic E-state index is 5.37. The van der Waals surface area contributed by atoms with Crippen LogP contribution in [0, 0.1) is 0 Å². The minimum Gasteiger partial charge on any atom is -0.493 e. The molecule has 0 aliphatic carbocycles. The molecule has 1 aromatic rings. The van der Waals surface area contributed by atoms with Gasteiger partial charge in [-0.2, -0.15) is 11.8 Å². The lowest BCUT2D eigenvalue weighted by Gasteiger charge is -2.22. The summed E-state index contributed by atoms with van der Waals surface area (Å²) in [5.74, 6) is 3.95. The zero-order valence-corrected chi connectivity index (χ0v) is 11.8. The fourth-order valence-electron chi connectivity index (χ4n) is 2.12. The van der Waals surface area contributed by atoms with Gasteiger partial charge in [0.1, 0.15) is 0 Å². The van der Waals surface area contributed by atoms with Crippen LogP contribution in [0.15, 0.2) is 12.3 Å². The molecule has 18 heavy (non-hydrogen) atoms. The van der Waals surface area contributed by atoms with E-state index in [9.17, 15) is 0 Å². The topological polar surface area (TPSA) is 43.4 Å². The van der Waals surface area contributed by atoms with Crippen molar-refractivity contribution in [1.29, 1.82) is 0 Å². The average molecular weight is 268 g/mol. The lowest BCUT2D eigenvalue weighted by molar-refractivity contribution is 0.347. The minimum atomic E-state index is 0.585. The number of aromatic nitrogens is 1. The molecule has 0 saturated carbocycles. The van der Waals surface area contributed by atoms with E-state index >= 15 is 0 Å². The van der Waals surface area contributed by atoms with Gasteiger partial charge in [-0.25, -0.2) is 0 Å². The van der Waals surface area contributed by atoms with E-state index in [-0.39, 0.29) is 0 Å². The first kappa shape index (κ1) is 13.5. The zero-order valence-electron chi connectivity index (χ0n) is 10.9. The summed E-state index contributed by atoms with van der Waals surface area (Å²) in [5.41, 5.74) is 0.910. The third-order valence-corrected chi connectivity index (χ3v) is 4.30. The Labute approximate surface area is 112 Å². The van der Waals surface area contributed by atoms with Crippen molar-refractivity contribution >= 4 is 11.8 Å². The van der Waals surface area contributed by atoms with Gasteiger partial charge in [0, 0.05) is 30.6 Å². The van der Waals surface area contributed by atoms with E-state index in [1.165, 1.54) is 24.3 Å². The Morgan fingerprint density at radius 2 is 2.33 bits per heavy atom. The summed E-state index contributed by atoms with van der Waals surface area (Å²) in [5, 5.41) is 3.55. The second-order valence-corrected chi connectivity index (χ2v) is 5.44. The Morgan fingerprint density at radius 1 is 1.44 bits per heavy atom. The van der Waals surface area contributed by atoms with Crippen molar-refractivity contribution in [2.24, 2.45) is 0 Å². The lowest BCUT2D eigenvalue weighted by atomic mass is 10.2. The van der Waals surface area contributed by atoms with Gasteiger partial charge in [-0.05, 0) is 18.6 Å². The lowest BCUT2D eigenvalue weighted by Crippen LogP contribution is -2.33. The second-order valence-electron chi connectivity index (χ2n) is 4.29. The minimum absolute atomic E-state index is 0.585. The molecule has 0 amide bonds. The molecule has 1 aliphatic rings. The molecule has 4 nitrogen and oxygen atoms in total. The predicted molar refractivity (Wildman–Crippen MR) is 74.5 cm³/mol. The van der Waals surface area contributed by atoms with Crippen LogP contribution < -0.4 is 14.8 Å². The molecule has 0 aromatic carbocycles. The number of nitrogens with one attached hydrogen (secondary N) is 1.